The summed E-state index contributed by atoms with van der Waals surface area (Å²) < 4.78 is 5.03. The van der Waals surface area contributed by atoms with Crippen molar-refractivity contribution in [1.29, 1.82) is 0 Å². The van der Waals surface area contributed by atoms with Crippen molar-refractivity contribution in [3.05, 3.63) is 35.9 Å². The number of ether oxygens (including phenoxy) is 1. The van der Waals surface area contributed by atoms with Crippen LogP contribution in [0.25, 0.3) is 0 Å². The standard InChI is InChI=1S/C18H27NO4/c1-14(13-20)7-5-3-4-6-8-18(22)19-12-15-9-10-16(21)17(11-15)23-2/h5,7,9-11,14,20-21H,3-4,6,8,12-13H2,1-2H3,(H,19,22)/b7-5+/t14-/m0/s1. The first kappa shape index (κ1) is 19.0. The van der Waals surface area contributed by atoms with Crippen molar-refractivity contribution in [2.24, 2.45) is 5.92 Å². The van der Waals surface area contributed by atoms with Crippen LogP contribution in [0.4, 0.5) is 0 Å². The van der Waals surface area contributed by atoms with Gasteiger partial charge in [0.1, 0.15) is 0 Å². The average molecular weight is 321 g/mol. The summed E-state index contributed by atoms with van der Waals surface area (Å²) in [5.74, 6) is 0.706. The predicted octanol–water partition coefficient (Wildman–Crippen LogP) is 2.76. The Morgan fingerprint density at radius 2 is 2.17 bits per heavy atom. The molecule has 5 nitrogen and oxygen atoms in total. The molecule has 0 fully saturated rings. The van der Waals surface area contributed by atoms with Crippen LogP contribution in [-0.4, -0.2) is 29.8 Å². The highest BCUT2D eigenvalue weighted by Crippen LogP contribution is 2.26. The summed E-state index contributed by atoms with van der Waals surface area (Å²) in [6.45, 7) is 2.55. The first-order valence-electron chi connectivity index (χ1n) is 7.97. The lowest BCUT2D eigenvalue weighted by molar-refractivity contribution is -0.121. The minimum absolute atomic E-state index is 0.0183. The molecule has 0 bridgehead atoms. The molecular weight excluding hydrogens is 294 g/mol. The van der Waals surface area contributed by atoms with Crippen LogP contribution in [0.3, 0.4) is 0 Å². The number of unbranched alkanes of at least 4 members (excludes halogenated alkanes) is 2. The number of carbonyl (C=O) groups excluding carboxylic acids is 1. The summed E-state index contributed by atoms with van der Waals surface area (Å²) in [5, 5.41) is 21.3. The van der Waals surface area contributed by atoms with E-state index in [1.54, 1.807) is 18.2 Å². The number of phenols is 1. The van der Waals surface area contributed by atoms with E-state index in [1.807, 2.05) is 13.0 Å². The fraction of sp³-hybridized carbons (Fsp3) is 0.500. The summed E-state index contributed by atoms with van der Waals surface area (Å²) >= 11 is 0. The van der Waals surface area contributed by atoms with Crippen LogP contribution in [0, 0.1) is 5.92 Å². The molecule has 1 amide bonds. The number of aliphatic hydroxyl groups excluding tert-OH is 1. The van der Waals surface area contributed by atoms with Gasteiger partial charge in [0.2, 0.25) is 5.91 Å². The molecule has 1 aromatic rings. The molecule has 0 aliphatic rings. The summed E-state index contributed by atoms with van der Waals surface area (Å²) in [5.41, 5.74) is 0.883. The Hall–Kier alpha value is -2.01. The van der Waals surface area contributed by atoms with Crippen LogP contribution in [-0.2, 0) is 11.3 Å². The molecular formula is C18H27NO4. The van der Waals surface area contributed by atoms with Crippen LogP contribution in [0.1, 0.15) is 38.2 Å². The number of hydrogen-bond donors (Lipinski definition) is 3. The Labute approximate surface area is 138 Å². The molecule has 0 saturated carbocycles. The number of phenolic OH excluding ortho intramolecular Hbond substituents is 1. The number of allylic oxidation sites excluding steroid dienone is 1. The number of aromatic hydroxyl groups is 1. The Morgan fingerprint density at radius 3 is 2.87 bits per heavy atom. The average Bonchev–Trinajstić information content (AvgIpc) is 2.56. The summed E-state index contributed by atoms with van der Waals surface area (Å²) in [4.78, 5) is 11.8. The van der Waals surface area contributed by atoms with Crippen molar-refractivity contribution in [3.63, 3.8) is 0 Å². The third-order valence-electron chi connectivity index (χ3n) is 3.51. The van der Waals surface area contributed by atoms with Gasteiger partial charge in [0.05, 0.1) is 7.11 Å². The predicted molar refractivity (Wildman–Crippen MR) is 90.4 cm³/mol. The first-order chi connectivity index (χ1) is 11.1. The summed E-state index contributed by atoms with van der Waals surface area (Å²) in [7, 11) is 1.49. The molecule has 3 N–H and O–H groups in total. The van der Waals surface area contributed by atoms with E-state index in [9.17, 15) is 9.90 Å². The number of nitrogens with one attached hydrogen (secondary N) is 1. The molecule has 5 heteroatoms. The second-order valence-corrected chi connectivity index (χ2v) is 5.62. The monoisotopic (exact) mass is 321 g/mol. The van der Waals surface area contributed by atoms with Crippen molar-refractivity contribution in [3.8, 4) is 11.5 Å². The molecule has 0 spiro atoms. The molecule has 0 aliphatic carbocycles. The van der Waals surface area contributed by atoms with Crippen molar-refractivity contribution >= 4 is 5.91 Å². The van der Waals surface area contributed by atoms with E-state index in [1.165, 1.54) is 7.11 Å². The minimum atomic E-state index is 0.0183. The van der Waals surface area contributed by atoms with Crippen LogP contribution < -0.4 is 10.1 Å². The van der Waals surface area contributed by atoms with Gasteiger partial charge in [0.25, 0.3) is 0 Å². The molecule has 0 aliphatic heterocycles. The zero-order chi connectivity index (χ0) is 17.1. The second kappa shape index (κ2) is 10.7. The van der Waals surface area contributed by atoms with Gasteiger partial charge in [-0.3, -0.25) is 4.79 Å². The highest BCUT2D eigenvalue weighted by molar-refractivity contribution is 5.75. The van der Waals surface area contributed by atoms with Gasteiger partial charge in [-0.25, -0.2) is 0 Å². The minimum Gasteiger partial charge on any atom is -0.504 e. The molecule has 1 aromatic carbocycles. The van der Waals surface area contributed by atoms with E-state index >= 15 is 0 Å². The number of benzene rings is 1. The van der Waals surface area contributed by atoms with Crippen LogP contribution >= 0.6 is 0 Å². The third kappa shape index (κ3) is 7.70. The van der Waals surface area contributed by atoms with Gasteiger partial charge < -0.3 is 20.3 Å². The first-order valence-corrected chi connectivity index (χ1v) is 7.97. The maximum atomic E-state index is 11.8. The number of rotatable bonds is 10. The summed E-state index contributed by atoms with van der Waals surface area (Å²) in [6, 6.07) is 5.02. The SMILES string of the molecule is COc1cc(CNC(=O)CCCC/C=C/[C@H](C)CO)ccc1O. The maximum absolute atomic E-state index is 11.8. The number of amides is 1. The Balaban J connectivity index is 2.21. The lowest BCUT2D eigenvalue weighted by Gasteiger charge is -2.08. The van der Waals surface area contributed by atoms with Crippen LogP contribution in [0.15, 0.2) is 30.4 Å². The van der Waals surface area contributed by atoms with Gasteiger partial charge in [-0.05, 0) is 42.9 Å². The Kier molecular flexibility index (Phi) is 8.83. The van der Waals surface area contributed by atoms with Crippen LogP contribution in [0.5, 0.6) is 11.5 Å². The van der Waals surface area contributed by atoms with Crippen molar-refractivity contribution in [2.45, 2.75) is 39.2 Å². The number of methoxy groups -OCH3 is 1. The largest absolute Gasteiger partial charge is 0.504 e. The molecule has 0 unspecified atom stereocenters. The number of carbonyl (C=O) groups is 1. The van der Waals surface area contributed by atoms with E-state index in [0.29, 0.717) is 18.7 Å². The van der Waals surface area contributed by atoms with Gasteiger partial charge in [-0.1, -0.05) is 25.1 Å². The van der Waals surface area contributed by atoms with Gasteiger partial charge >= 0.3 is 0 Å². The molecule has 0 heterocycles. The van der Waals surface area contributed by atoms with Gasteiger partial charge in [-0.15, -0.1) is 0 Å². The normalized spacial score (nSPS) is 12.3. The topological polar surface area (TPSA) is 78.8 Å². The second-order valence-electron chi connectivity index (χ2n) is 5.62. The molecule has 0 aromatic heterocycles. The zero-order valence-corrected chi connectivity index (χ0v) is 13.9. The molecule has 0 radical (unpaired) electrons. The molecule has 0 saturated heterocycles. The van der Waals surface area contributed by atoms with Crippen molar-refractivity contribution in [2.75, 3.05) is 13.7 Å². The zero-order valence-electron chi connectivity index (χ0n) is 13.9. The van der Waals surface area contributed by atoms with Gasteiger partial charge in [-0.2, -0.15) is 0 Å². The highest BCUT2D eigenvalue weighted by atomic mass is 16.5. The van der Waals surface area contributed by atoms with E-state index < -0.39 is 0 Å². The fourth-order valence-electron chi connectivity index (χ4n) is 2.06. The number of aliphatic hydroxyl groups is 1. The molecule has 128 valence electrons. The highest BCUT2D eigenvalue weighted by Gasteiger charge is 2.05. The van der Waals surface area contributed by atoms with Crippen LogP contribution in [0.2, 0.25) is 0 Å². The Bertz CT molecular complexity index is 514. The third-order valence-corrected chi connectivity index (χ3v) is 3.51. The molecule has 1 rings (SSSR count). The summed E-state index contributed by atoms with van der Waals surface area (Å²) in [6.07, 6.45) is 7.27. The quantitative estimate of drug-likeness (QED) is 0.457. The molecule has 1 atom stereocenters. The van der Waals surface area contributed by atoms with Crippen molar-refractivity contribution < 1.29 is 19.7 Å². The van der Waals surface area contributed by atoms with E-state index in [0.717, 1.165) is 24.8 Å². The van der Waals surface area contributed by atoms with E-state index in [2.05, 4.69) is 11.4 Å². The lowest BCUT2D eigenvalue weighted by Crippen LogP contribution is -2.22. The van der Waals surface area contributed by atoms with Gasteiger partial charge in [0, 0.05) is 19.6 Å². The molecule has 23 heavy (non-hydrogen) atoms. The van der Waals surface area contributed by atoms with Gasteiger partial charge in [0.15, 0.2) is 11.5 Å². The number of hydrogen-bond acceptors (Lipinski definition) is 4. The lowest BCUT2D eigenvalue weighted by atomic mass is 10.1. The maximum Gasteiger partial charge on any atom is 0.220 e. The Morgan fingerprint density at radius 1 is 1.39 bits per heavy atom. The van der Waals surface area contributed by atoms with E-state index in [4.69, 9.17) is 9.84 Å². The smallest absolute Gasteiger partial charge is 0.220 e. The fourth-order valence-corrected chi connectivity index (χ4v) is 2.06. The van der Waals surface area contributed by atoms with Crippen molar-refractivity contribution in [1.82, 2.24) is 5.32 Å². The van der Waals surface area contributed by atoms with E-state index in [-0.39, 0.29) is 24.2 Å².